The van der Waals surface area contributed by atoms with Gasteiger partial charge in [-0.3, -0.25) is 19.3 Å². The molecule has 0 radical (unpaired) electrons. The largest absolute Gasteiger partial charge is 0.467 e. The Morgan fingerprint density at radius 1 is 1.03 bits per heavy atom. The Balaban J connectivity index is 1.37. The summed E-state index contributed by atoms with van der Waals surface area (Å²) in [6.07, 6.45) is 1.96. The van der Waals surface area contributed by atoms with Crippen LogP contribution in [-0.4, -0.2) is 59.0 Å². The van der Waals surface area contributed by atoms with E-state index in [4.69, 9.17) is 9.15 Å². The van der Waals surface area contributed by atoms with Crippen LogP contribution in [0.2, 0.25) is 0 Å². The molecule has 3 amide bonds. The van der Waals surface area contributed by atoms with Gasteiger partial charge >= 0.3 is 0 Å². The van der Waals surface area contributed by atoms with Crippen LogP contribution in [0.25, 0.3) is 0 Å². The molecule has 0 bridgehead atoms. The molecule has 3 aromatic rings. The molecule has 0 unspecified atom stereocenters. The van der Waals surface area contributed by atoms with Crippen molar-refractivity contribution in [2.75, 3.05) is 19.7 Å². The molecule has 2 aromatic carbocycles. The third-order valence-electron chi connectivity index (χ3n) is 7.06. The molecule has 10 heteroatoms. The maximum absolute atomic E-state index is 14.2. The summed E-state index contributed by atoms with van der Waals surface area (Å²) in [6, 6.07) is 12.5. The van der Waals surface area contributed by atoms with E-state index < -0.39 is 29.3 Å². The lowest BCUT2D eigenvalue weighted by molar-refractivity contribution is -0.128. The topological polar surface area (TPSA) is 92.1 Å². The predicted molar refractivity (Wildman–Crippen MR) is 132 cm³/mol. The fourth-order valence-electron chi connectivity index (χ4n) is 5.08. The maximum Gasteiger partial charge on any atom is 0.256 e. The SMILES string of the molecule is Cc1cccc(C(=O)N2[C@@H](C(=O)NCc3ccco3)COC23CCN(C(=O)c2ccc(F)cc2F)CC3)c1. The van der Waals surface area contributed by atoms with Gasteiger partial charge < -0.3 is 19.4 Å². The van der Waals surface area contributed by atoms with E-state index in [0.717, 1.165) is 17.7 Å². The lowest BCUT2D eigenvalue weighted by Gasteiger charge is -2.44. The Kier molecular flexibility index (Phi) is 6.98. The highest BCUT2D eigenvalue weighted by molar-refractivity contribution is 5.99. The van der Waals surface area contributed by atoms with Gasteiger partial charge in [0.15, 0.2) is 0 Å². The molecule has 0 saturated carbocycles. The van der Waals surface area contributed by atoms with Crippen molar-refractivity contribution in [3.05, 3.63) is 94.9 Å². The number of piperidine rings is 1. The Morgan fingerprint density at radius 3 is 2.50 bits per heavy atom. The van der Waals surface area contributed by atoms with Gasteiger partial charge in [0, 0.05) is 37.6 Å². The minimum atomic E-state index is -1.12. The summed E-state index contributed by atoms with van der Waals surface area (Å²) in [4.78, 5) is 42.9. The molecule has 2 fully saturated rings. The Bertz CT molecular complexity index is 1350. The van der Waals surface area contributed by atoms with E-state index in [0.29, 0.717) is 17.4 Å². The summed E-state index contributed by atoms with van der Waals surface area (Å²) in [5.41, 5.74) is -0.0280. The standard InChI is InChI=1S/C28H27F2N3O5/c1-18-4-2-5-19(14-18)26(35)33-24(25(34)31-16-21-6-3-13-37-21)17-38-28(33)9-11-32(12-10-28)27(36)22-8-7-20(29)15-23(22)30/h2-8,13-15,24H,9-12,16-17H2,1H3,(H,31,34)/t24-/m1/s1. The van der Waals surface area contributed by atoms with Crippen molar-refractivity contribution in [3.63, 3.8) is 0 Å². The van der Waals surface area contributed by atoms with Crippen LogP contribution in [-0.2, 0) is 16.1 Å². The number of likely N-dealkylation sites (tertiary alicyclic amines) is 1. The van der Waals surface area contributed by atoms with Crippen molar-refractivity contribution in [2.24, 2.45) is 0 Å². The van der Waals surface area contributed by atoms with E-state index in [1.54, 1.807) is 30.3 Å². The smallest absolute Gasteiger partial charge is 0.256 e. The summed E-state index contributed by atoms with van der Waals surface area (Å²) in [7, 11) is 0. The molecule has 1 N–H and O–H groups in total. The molecule has 0 aliphatic carbocycles. The second kappa shape index (κ2) is 10.4. The van der Waals surface area contributed by atoms with Gasteiger partial charge in [-0.05, 0) is 43.3 Å². The van der Waals surface area contributed by atoms with Gasteiger partial charge in [-0.25, -0.2) is 8.78 Å². The van der Waals surface area contributed by atoms with E-state index >= 15 is 0 Å². The summed E-state index contributed by atoms with van der Waals surface area (Å²) in [5, 5.41) is 2.81. The number of ether oxygens (including phenoxy) is 1. The lowest BCUT2D eigenvalue weighted by Crippen LogP contribution is -2.59. The molecule has 3 heterocycles. The highest BCUT2D eigenvalue weighted by Crippen LogP contribution is 2.39. The Hall–Kier alpha value is -4.05. The maximum atomic E-state index is 14.2. The molecule has 1 aromatic heterocycles. The van der Waals surface area contributed by atoms with Crippen molar-refractivity contribution >= 4 is 17.7 Å². The van der Waals surface area contributed by atoms with Gasteiger partial charge in [0.1, 0.15) is 29.2 Å². The second-order valence-electron chi connectivity index (χ2n) is 9.53. The number of nitrogens with zero attached hydrogens (tertiary/aromatic N) is 2. The summed E-state index contributed by atoms with van der Waals surface area (Å²) in [5.74, 6) is -2.43. The number of aryl methyl sites for hydroxylation is 1. The number of nitrogens with one attached hydrogen (secondary N) is 1. The quantitative estimate of drug-likeness (QED) is 0.551. The lowest BCUT2D eigenvalue weighted by atomic mass is 9.95. The molecule has 38 heavy (non-hydrogen) atoms. The van der Waals surface area contributed by atoms with E-state index in [2.05, 4.69) is 5.32 Å². The molecule has 2 aliphatic rings. The first-order valence-corrected chi connectivity index (χ1v) is 12.4. The molecular weight excluding hydrogens is 496 g/mol. The average molecular weight is 524 g/mol. The van der Waals surface area contributed by atoms with E-state index in [1.807, 2.05) is 13.0 Å². The van der Waals surface area contributed by atoms with Crippen LogP contribution in [0.4, 0.5) is 8.78 Å². The number of benzene rings is 2. The zero-order chi connectivity index (χ0) is 26.9. The van der Waals surface area contributed by atoms with E-state index in [-0.39, 0.29) is 56.5 Å². The van der Waals surface area contributed by atoms with Gasteiger partial charge in [-0.2, -0.15) is 0 Å². The number of carbonyl (C=O) groups is 3. The summed E-state index contributed by atoms with van der Waals surface area (Å²) < 4.78 is 39.0. The molecule has 1 spiro atoms. The molecule has 1 atom stereocenters. The fourth-order valence-corrected chi connectivity index (χ4v) is 5.08. The minimum absolute atomic E-state index is 0.0118. The van der Waals surface area contributed by atoms with Crippen LogP contribution in [0.3, 0.4) is 0 Å². The third-order valence-corrected chi connectivity index (χ3v) is 7.06. The van der Waals surface area contributed by atoms with E-state index in [1.165, 1.54) is 16.1 Å². The number of furan rings is 1. The van der Waals surface area contributed by atoms with Crippen molar-refractivity contribution < 1.29 is 32.3 Å². The molecule has 5 rings (SSSR count). The predicted octanol–water partition coefficient (Wildman–Crippen LogP) is 3.66. The number of hydrogen-bond donors (Lipinski definition) is 1. The fraction of sp³-hybridized carbons (Fsp3) is 0.321. The molecule has 2 saturated heterocycles. The average Bonchev–Trinajstić information content (AvgIpc) is 3.55. The van der Waals surface area contributed by atoms with E-state index in [9.17, 15) is 23.2 Å². The first-order chi connectivity index (χ1) is 18.3. The normalized spacial score (nSPS) is 18.6. The first kappa shape index (κ1) is 25.6. The number of halogens is 2. The van der Waals surface area contributed by atoms with Gasteiger partial charge in [0.25, 0.3) is 11.8 Å². The van der Waals surface area contributed by atoms with Crippen LogP contribution >= 0.6 is 0 Å². The van der Waals surface area contributed by atoms with Gasteiger partial charge in [0.05, 0.1) is 25.0 Å². The monoisotopic (exact) mass is 523 g/mol. The van der Waals surface area contributed by atoms with Crippen molar-refractivity contribution in [1.82, 2.24) is 15.1 Å². The van der Waals surface area contributed by atoms with Gasteiger partial charge in [-0.15, -0.1) is 0 Å². The first-order valence-electron chi connectivity index (χ1n) is 12.4. The molecular formula is C28H27F2N3O5. The van der Waals surface area contributed by atoms with Crippen LogP contribution in [0.15, 0.2) is 65.3 Å². The molecule has 8 nitrogen and oxygen atoms in total. The highest BCUT2D eigenvalue weighted by atomic mass is 19.1. The highest BCUT2D eigenvalue weighted by Gasteiger charge is 2.54. The van der Waals surface area contributed by atoms with Gasteiger partial charge in [-0.1, -0.05) is 17.7 Å². The van der Waals surface area contributed by atoms with Crippen LogP contribution in [0, 0.1) is 18.6 Å². The van der Waals surface area contributed by atoms with Gasteiger partial charge in [0.2, 0.25) is 5.91 Å². The molecule has 198 valence electrons. The zero-order valence-electron chi connectivity index (χ0n) is 20.8. The molecule has 2 aliphatic heterocycles. The number of carbonyl (C=O) groups excluding carboxylic acids is 3. The minimum Gasteiger partial charge on any atom is -0.467 e. The van der Waals surface area contributed by atoms with Crippen molar-refractivity contribution in [3.8, 4) is 0 Å². The Labute approximate surface area is 218 Å². The van der Waals surface area contributed by atoms with Crippen molar-refractivity contribution in [1.29, 1.82) is 0 Å². The number of amides is 3. The summed E-state index contributed by atoms with van der Waals surface area (Å²) >= 11 is 0. The Morgan fingerprint density at radius 2 is 1.82 bits per heavy atom. The van der Waals surface area contributed by atoms with Crippen LogP contribution in [0.5, 0.6) is 0 Å². The summed E-state index contributed by atoms with van der Waals surface area (Å²) in [6.45, 7) is 2.34. The van der Waals surface area contributed by atoms with Crippen LogP contribution in [0.1, 0.15) is 44.9 Å². The third kappa shape index (κ3) is 4.91. The second-order valence-corrected chi connectivity index (χ2v) is 9.53. The zero-order valence-corrected chi connectivity index (χ0v) is 20.8. The number of hydrogen-bond acceptors (Lipinski definition) is 5. The number of rotatable bonds is 5. The van der Waals surface area contributed by atoms with Crippen LogP contribution < -0.4 is 5.32 Å². The van der Waals surface area contributed by atoms with Crippen molar-refractivity contribution in [2.45, 2.75) is 38.1 Å².